The van der Waals surface area contributed by atoms with E-state index in [1.54, 1.807) is 6.07 Å². The smallest absolute Gasteiger partial charge is 0.258 e. The molecule has 0 aliphatic rings. The van der Waals surface area contributed by atoms with Crippen molar-refractivity contribution in [3.8, 4) is 5.75 Å². The Kier molecular flexibility index (Phi) is 6.75. The van der Waals surface area contributed by atoms with Gasteiger partial charge in [-0.1, -0.05) is 15.9 Å². The molecular formula is C12H15BrFNO4. The lowest BCUT2D eigenvalue weighted by Crippen LogP contribution is -2.42. The minimum Gasteiger partial charge on any atom is -0.481 e. The molecule has 0 saturated carbocycles. The zero-order chi connectivity index (χ0) is 14.3. The van der Waals surface area contributed by atoms with Crippen LogP contribution in [-0.2, 0) is 9.53 Å². The molecule has 2 N–H and O–H groups in total. The molecule has 0 fully saturated rings. The third-order valence-electron chi connectivity index (χ3n) is 2.21. The van der Waals surface area contributed by atoms with Crippen molar-refractivity contribution in [2.75, 3.05) is 26.9 Å². The highest BCUT2D eigenvalue weighted by molar-refractivity contribution is 9.10. The predicted molar refractivity (Wildman–Crippen MR) is 70.5 cm³/mol. The first-order chi connectivity index (χ1) is 9.06. The third-order valence-corrected chi connectivity index (χ3v) is 2.70. The number of methoxy groups -OCH3 is 1. The van der Waals surface area contributed by atoms with E-state index in [0.29, 0.717) is 4.47 Å². The number of rotatable bonds is 7. The molecule has 1 atom stereocenters. The topological polar surface area (TPSA) is 67.8 Å². The third kappa shape index (κ3) is 5.54. The van der Waals surface area contributed by atoms with E-state index in [9.17, 15) is 9.18 Å². The lowest BCUT2D eigenvalue weighted by atomic mass is 10.3. The van der Waals surface area contributed by atoms with Gasteiger partial charge in [-0.25, -0.2) is 4.39 Å². The summed E-state index contributed by atoms with van der Waals surface area (Å²) in [6, 6.07) is 3.77. The molecule has 1 amide bonds. The van der Waals surface area contributed by atoms with Gasteiger partial charge in [-0.3, -0.25) is 4.79 Å². The Bertz CT molecular complexity index is 430. The Labute approximate surface area is 118 Å². The first kappa shape index (κ1) is 15.9. The standard InChI is InChI=1S/C12H15BrFNO4/c1-18-6-9(5-16)15-12(17)7-19-11-3-2-8(13)4-10(11)14/h2-4,9,16H,5-7H2,1H3,(H,15,17). The van der Waals surface area contributed by atoms with Crippen molar-refractivity contribution in [2.24, 2.45) is 0 Å². The minimum atomic E-state index is -0.558. The highest BCUT2D eigenvalue weighted by Gasteiger charge is 2.12. The van der Waals surface area contributed by atoms with E-state index < -0.39 is 17.8 Å². The molecule has 0 saturated heterocycles. The lowest BCUT2D eigenvalue weighted by molar-refractivity contribution is -0.124. The number of carbonyl (C=O) groups excluding carboxylic acids is 1. The van der Waals surface area contributed by atoms with Crippen LogP contribution < -0.4 is 10.1 Å². The number of benzene rings is 1. The molecule has 19 heavy (non-hydrogen) atoms. The number of aliphatic hydroxyl groups is 1. The molecular weight excluding hydrogens is 321 g/mol. The molecule has 1 aromatic rings. The number of hydrogen-bond acceptors (Lipinski definition) is 4. The Balaban J connectivity index is 2.45. The van der Waals surface area contributed by atoms with Gasteiger partial charge in [0.05, 0.1) is 19.3 Å². The van der Waals surface area contributed by atoms with Crippen molar-refractivity contribution in [2.45, 2.75) is 6.04 Å². The average Bonchev–Trinajstić information content (AvgIpc) is 2.37. The van der Waals surface area contributed by atoms with Crippen LogP contribution in [0.15, 0.2) is 22.7 Å². The van der Waals surface area contributed by atoms with Crippen molar-refractivity contribution >= 4 is 21.8 Å². The van der Waals surface area contributed by atoms with Crippen LogP contribution in [0.1, 0.15) is 0 Å². The van der Waals surface area contributed by atoms with Crippen molar-refractivity contribution in [1.29, 1.82) is 0 Å². The zero-order valence-corrected chi connectivity index (χ0v) is 11.9. The summed E-state index contributed by atoms with van der Waals surface area (Å²) in [6.45, 7) is -0.389. The SMILES string of the molecule is COCC(CO)NC(=O)COc1ccc(Br)cc1F. The normalized spacial score (nSPS) is 12.0. The van der Waals surface area contributed by atoms with Gasteiger partial charge >= 0.3 is 0 Å². The monoisotopic (exact) mass is 335 g/mol. The van der Waals surface area contributed by atoms with Crippen molar-refractivity contribution in [3.63, 3.8) is 0 Å². The van der Waals surface area contributed by atoms with Crippen LogP contribution in [0.4, 0.5) is 4.39 Å². The second-order valence-corrected chi connectivity index (χ2v) is 4.68. The van der Waals surface area contributed by atoms with Gasteiger partial charge in [0.2, 0.25) is 0 Å². The van der Waals surface area contributed by atoms with Crippen LogP contribution in [-0.4, -0.2) is 44.0 Å². The van der Waals surface area contributed by atoms with Gasteiger partial charge in [0, 0.05) is 11.6 Å². The minimum absolute atomic E-state index is 0.00867. The maximum atomic E-state index is 13.4. The number of halogens is 2. The van der Waals surface area contributed by atoms with Gasteiger partial charge in [0.25, 0.3) is 5.91 Å². The van der Waals surface area contributed by atoms with Crippen LogP contribution in [0.5, 0.6) is 5.75 Å². The predicted octanol–water partition coefficient (Wildman–Crippen LogP) is 1.09. The van der Waals surface area contributed by atoms with Gasteiger partial charge in [-0.15, -0.1) is 0 Å². The second-order valence-electron chi connectivity index (χ2n) is 3.77. The van der Waals surface area contributed by atoms with Crippen molar-refractivity contribution in [1.82, 2.24) is 5.32 Å². The molecule has 0 bridgehead atoms. The Morgan fingerprint density at radius 2 is 2.32 bits per heavy atom. The van der Waals surface area contributed by atoms with Crippen LogP contribution in [0, 0.1) is 5.82 Å². The molecule has 1 unspecified atom stereocenters. The molecule has 0 radical (unpaired) electrons. The van der Waals surface area contributed by atoms with E-state index in [1.165, 1.54) is 19.2 Å². The molecule has 0 aromatic heterocycles. The first-order valence-corrected chi connectivity index (χ1v) is 6.33. The van der Waals surface area contributed by atoms with Crippen LogP contribution in [0.3, 0.4) is 0 Å². The van der Waals surface area contributed by atoms with Crippen molar-refractivity contribution < 1.29 is 23.8 Å². The van der Waals surface area contributed by atoms with Crippen molar-refractivity contribution in [3.05, 3.63) is 28.5 Å². The summed E-state index contributed by atoms with van der Waals surface area (Å²) in [7, 11) is 1.46. The van der Waals surface area contributed by atoms with E-state index in [4.69, 9.17) is 14.6 Å². The van der Waals surface area contributed by atoms with Crippen LogP contribution >= 0.6 is 15.9 Å². The van der Waals surface area contributed by atoms with E-state index in [2.05, 4.69) is 21.2 Å². The zero-order valence-electron chi connectivity index (χ0n) is 10.4. The summed E-state index contributed by atoms with van der Waals surface area (Å²) >= 11 is 3.12. The fourth-order valence-corrected chi connectivity index (χ4v) is 1.68. The summed E-state index contributed by atoms with van der Waals surface area (Å²) in [4.78, 5) is 11.5. The number of hydrogen-bond donors (Lipinski definition) is 2. The summed E-state index contributed by atoms with van der Waals surface area (Å²) in [5, 5.41) is 11.5. The number of amides is 1. The van der Waals surface area contributed by atoms with Gasteiger partial charge < -0.3 is 19.9 Å². The number of nitrogens with one attached hydrogen (secondary N) is 1. The van der Waals surface area contributed by atoms with Gasteiger partial charge in [0.1, 0.15) is 0 Å². The average molecular weight is 336 g/mol. The van der Waals surface area contributed by atoms with Gasteiger partial charge in [-0.05, 0) is 18.2 Å². The van der Waals surface area contributed by atoms with E-state index in [-0.39, 0.29) is 25.6 Å². The van der Waals surface area contributed by atoms with Crippen LogP contribution in [0.25, 0.3) is 0 Å². The molecule has 106 valence electrons. The number of carbonyl (C=O) groups is 1. The molecule has 0 spiro atoms. The maximum Gasteiger partial charge on any atom is 0.258 e. The quantitative estimate of drug-likeness (QED) is 0.782. The molecule has 0 aliphatic heterocycles. The summed E-state index contributed by atoms with van der Waals surface area (Å²) in [5.41, 5.74) is 0. The molecule has 0 heterocycles. The van der Waals surface area contributed by atoms with E-state index in [0.717, 1.165) is 0 Å². The van der Waals surface area contributed by atoms with E-state index in [1.807, 2.05) is 0 Å². The Morgan fingerprint density at radius 3 is 2.89 bits per heavy atom. The van der Waals surface area contributed by atoms with Gasteiger partial charge in [0.15, 0.2) is 18.2 Å². The number of ether oxygens (including phenoxy) is 2. The Hall–Kier alpha value is -1.18. The van der Waals surface area contributed by atoms with E-state index >= 15 is 0 Å². The fraction of sp³-hybridized carbons (Fsp3) is 0.417. The number of aliphatic hydroxyl groups excluding tert-OH is 1. The molecule has 1 rings (SSSR count). The summed E-state index contributed by atoms with van der Waals surface area (Å²) in [5.74, 6) is -1.03. The highest BCUT2D eigenvalue weighted by atomic mass is 79.9. The Morgan fingerprint density at radius 1 is 1.58 bits per heavy atom. The first-order valence-electron chi connectivity index (χ1n) is 5.53. The molecule has 0 aliphatic carbocycles. The highest BCUT2D eigenvalue weighted by Crippen LogP contribution is 2.21. The molecule has 1 aromatic carbocycles. The maximum absolute atomic E-state index is 13.4. The lowest BCUT2D eigenvalue weighted by Gasteiger charge is -2.15. The summed E-state index contributed by atoms with van der Waals surface area (Å²) in [6.07, 6.45) is 0. The van der Waals surface area contributed by atoms with Crippen LogP contribution in [0.2, 0.25) is 0 Å². The van der Waals surface area contributed by atoms with Gasteiger partial charge in [-0.2, -0.15) is 0 Å². The largest absolute Gasteiger partial charge is 0.481 e. The molecule has 7 heteroatoms. The second kappa shape index (κ2) is 8.08. The fourth-order valence-electron chi connectivity index (χ4n) is 1.35. The summed E-state index contributed by atoms with van der Waals surface area (Å²) < 4.78 is 23.8. The molecule has 5 nitrogen and oxygen atoms in total.